The van der Waals surface area contributed by atoms with E-state index in [0.717, 1.165) is 6.32 Å². The van der Waals surface area contributed by atoms with E-state index in [2.05, 4.69) is 219 Å². The highest BCUT2D eigenvalue weighted by molar-refractivity contribution is 8.01. The van der Waals surface area contributed by atoms with E-state index in [0.29, 0.717) is 0 Å². The molecule has 0 aromatic heterocycles. The zero-order valence-corrected chi connectivity index (χ0v) is 27.3. The second-order valence-electron chi connectivity index (χ2n) is 11.7. The Morgan fingerprint density at radius 1 is 0.304 bits per heavy atom. The zero-order chi connectivity index (χ0) is 31.5. The van der Waals surface area contributed by atoms with E-state index in [1.165, 1.54) is 37.6 Å². The predicted molar refractivity (Wildman–Crippen MR) is 206 cm³/mol. The van der Waals surface area contributed by atoms with Crippen LogP contribution in [-0.2, 0) is 0 Å². The van der Waals surface area contributed by atoms with Gasteiger partial charge in [0, 0.05) is 0 Å². The standard InChI is InChI=1S/C24H20P.C20H20B/c1-5-13-21(14-6-1)25(22-15-7-2-8-16-22,23-17-9-3-10-18-23)24-19-11-4-12-20-24;1-2-21(18-12-6-3-7-13-18,19-14-8-4-9-15-19)20-16-10-5-11-17-20/h1-20H;3-17H,2H2,1H3/q+1;-1. The molecular formula is C44H40BP. The molecule has 7 aromatic carbocycles. The monoisotopic (exact) mass is 610 g/mol. The zero-order valence-electron chi connectivity index (χ0n) is 26.4. The van der Waals surface area contributed by atoms with Crippen molar-refractivity contribution >= 4 is 51.0 Å². The lowest BCUT2D eigenvalue weighted by Gasteiger charge is -2.42. The van der Waals surface area contributed by atoms with Crippen molar-refractivity contribution in [2.75, 3.05) is 0 Å². The lowest BCUT2D eigenvalue weighted by molar-refractivity contribution is 1.40. The third-order valence-electron chi connectivity index (χ3n) is 9.29. The van der Waals surface area contributed by atoms with Gasteiger partial charge in [-0.2, -0.15) is 22.7 Å². The van der Waals surface area contributed by atoms with Crippen LogP contribution in [0.15, 0.2) is 212 Å². The van der Waals surface area contributed by atoms with Gasteiger partial charge in [-0.15, -0.1) is 0 Å². The first-order valence-electron chi connectivity index (χ1n) is 16.3. The Kier molecular flexibility index (Phi) is 10.0. The fourth-order valence-electron chi connectivity index (χ4n) is 7.13. The minimum atomic E-state index is -1.91. The van der Waals surface area contributed by atoms with Gasteiger partial charge in [-0.1, -0.05) is 171 Å². The Hall–Kier alpha value is -4.97. The van der Waals surface area contributed by atoms with Gasteiger partial charge in [0.1, 0.15) is 28.5 Å². The van der Waals surface area contributed by atoms with E-state index in [-0.39, 0.29) is 0 Å². The molecule has 0 aliphatic rings. The molecule has 0 atom stereocenters. The van der Waals surface area contributed by atoms with Crippen molar-refractivity contribution in [2.45, 2.75) is 13.2 Å². The molecular weight excluding hydrogens is 570 g/mol. The topological polar surface area (TPSA) is 0 Å². The molecule has 0 nitrogen and oxygen atoms in total. The van der Waals surface area contributed by atoms with Crippen LogP contribution in [-0.4, -0.2) is 6.15 Å². The van der Waals surface area contributed by atoms with Gasteiger partial charge in [0.15, 0.2) is 0 Å². The van der Waals surface area contributed by atoms with E-state index >= 15 is 0 Å². The highest BCUT2D eigenvalue weighted by Crippen LogP contribution is 2.53. The average molecular weight is 611 g/mol. The van der Waals surface area contributed by atoms with Crippen LogP contribution in [0.4, 0.5) is 0 Å². The summed E-state index contributed by atoms with van der Waals surface area (Å²) in [7, 11) is -1.91. The number of rotatable bonds is 8. The van der Waals surface area contributed by atoms with Crippen molar-refractivity contribution in [3.8, 4) is 0 Å². The van der Waals surface area contributed by atoms with Crippen LogP contribution in [0.25, 0.3) is 0 Å². The Morgan fingerprint density at radius 2 is 0.500 bits per heavy atom. The van der Waals surface area contributed by atoms with Gasteiger partial charge >= 0.3 is 0 Å². The second kappa shape index (κ2) is 14.9. The normalized spacial score (nSPS) is 11.2. The maximum atomic E-state index is 2.30. The molecule has 0 N–H and O–H groups in total. The van der Waals surface area contributed by atoms with Crippen LogP contribution in [0.1, 0.15) is 6.92 Å². The quantitative estimate of drug-likeness (QED) is 0.124. The van der Waals surface area contributed by atoms with Crippen LogP contribution >= 0.6 is 7.26 Å². The maximum absolute atomic E-state index is 2.30. The summed E-state index contributed by atoms with van der Waals surface area (Å²) in [6.07, 6.45) is 0.197. The van der Waals surface area contributed by atoms with Crippen molar-refractivity contribution in [3.63, 3.8) is 0 Å². The summed E-state index contributed by atoms with van der Waals surface area (Å²) >= 11 is 0. The molecule has 2 heteroatoms. The smallest absolute Gasteiger partial charge is 0.144 e. The molecule has 0 spiro atoms. The molecule has 46 heavy (non-hydrogen) atoms. The lowest BCUT2D eigenvalue weighted by Crippen LogP contribution is -2.66. The molecule has 0 aliphatic heterocycles. The highest BCUT2D eigenvalue weighted by atomic mass is 31.2. The van der Waals surface area contributed by atoms with Gasteiger partial charge < -0.3 is 0 Å². The molecule has 7 rings (SSSR count). The number of benzene rings is 7. The first-order valence-corrected chi connectivity index (χ1v) is 18.0. The summed E-state index contributed by atoms with van der Waals surface area (Å²) in [5.41, 5.74) is 4.24. The highest BCUT2D eigenvalue weighted by Gasteiger charge is 2.47. The van der Waals surface area contributed by atoms with E-state index in [1.807, 2.05) is 0 Å². The van der Waals surface area contributed by atoms with Crippen molar-refractivity contribution < 1.29 is 0 Å². The second-order valence-corrected chi connectivity index (χ2v) is 15.1. The van der Waals surface area contributed by atoms with Gasteiger partial charge in [-0.3, -0.25) is 0 Å². The van der Waals surface area contributed by atoms with Gasteiger partial charge in [0.2, 0.25) is 0 Å². The van der Waals surface area contributed by atoms with Crippen molar-refractivity contribution in [2.24, 2.45) is 0 Å². The van der Waals surface area contributed by atoms with Crippen molar-refractivity contribution in [1.82, 2.24) is 0 Å². The van der Waals surface area contributed by atoms with Gasteiger partial charge in [0.05, 0.1) is 6.15 Å². The van der Waals surface area contributed by atoms with Crippen LogP contribution < -0.4 is 37.6 Å². The molecule has 0 saturated carbocycles. The van der Waals surface area contributed by atoms with Crippen LogP contribution in [0.5, 0.6) is 0 Å². The first kappa shape index (κ1) is 31.0. The average Bonchev–Trinajstić information content (AvgIpc) is 3.16. The fourth-order valence-corrected chi connectivity index (χ4v) is 11.4. The number of hydrogen-bond donors (Lipinski definition) is 0. The summed E-state index contributed by atoms with van der Waals surface area (Å²) in [4.78, 5) is 0. The summed E-state index contributed by atoms with van der Waals surface area (Å²) in [6.45, 7) is 2.30. The molecule has 0 saturated heterocycles. The molecule has 0 unspecified atom stereocenters. The Bertz CT molecular complexity index is 1620. The third-order valence-corrected chi connectivity index (χ3v) is 13.6. The lowest BCUT2D eigenvalue weighted by atomic mass is 9.14. The van der Waals surface area contributed by atoms with E-state index in [9.17, 15) is 0 Å². The largest absolute Gasteiger partial charge is 0.200 e. The van der Waals surface area contributed by atoms with Crippen LogP contribution in [0, 0.1) is 0 Å². The fraction of sp³-hybridized carbons (Fsp3) is 0.0455. The molecule has 0 aliphatic carbocycles. The Balaban J connectivity index is 0.000000164. The van der Waals surface area contributed by atoms with Crippen molar-refractivity contribution in [1.29, 1.82) is 0 Å². The maximum Gasteiger partial charge on any atom is 0.144 e. The summed E-state index contributed by atoms with van der Waals surface area (Å²) in [6, 6.07) is 76.6. The SMILES string of the molecule is CC[B-](c1ccccc1)(c1ccccc1)c1ccccc1.c1ccc([P+](c2ccccc2)(c2ccccc2)c2ccccc2)cc1. The summed E-state index contributed by atoms with van der Waals surface area (Å²) in [5.74, 6) is 0. The van der Waals surface area contributed by atoms with E-state index < -0.39 is 13.4 Å². The summed E-state index contributed by atoms with van der Waals surface area (Å²) in [5, 5.41) is 5.55. The molecule has 0 radical (unpaired) electrons. The van der Waals surface area contributed by atoms with Crippen molar-refractivity contribution in [3.05, 3.63) is 212 Å². The molecule has 0 fully saturated rings. The van der Waals surface area contributed by atoms with Crippen LogP contribution in [0.2, 0.25) is 6.32 Å². The first-order chi connectivity index (χ1) is 22.8. The van der Waals surface area contributed by atoms with Gasteiger partial charge in [-0.25, -0.2) is 0 Å². The summed E-state index contributed by atoms with van der Waals surface area (Å²) < 4.78 is 0. The predicted octanol–water partition coefficient (Wildman–Crippen LogP) is 7.48. The molecule has 0 heterocycles. The molecule has 0 amide bonds. The third kappa shape index (κ3) is 6.12. The number of hydrogen-bond acceptors (Lipinski definition) is 0. The minimum absolute atomic E-state index is 0.898. The molecule has 0 bridgehead atoms. The Morgan fingerprint density at radius 3 is 0.696 bits per heavy atom. The van der Waals surface area contributed by atoms with E-state index in [1.54, 1.807) is 0 Å². The minimum Gasteiger partial charge on any atom is -0.200 e. The molecule has 224 valence electrons. The van der Waals surface area contributed by atoms with Gasteiger partial charge in [0.25, 0.3) is 0 Å². The van der Waals surface area contributed by atoms with Gasteiger partial charge in [-0.05, 0) is 48.5 Å². The van der Waals surface area contributed by atoms with E-state index in [4.69, 9.17) is 0 Å². The Labute approximate surface area is 275 Å². The van der Waals surface area contributed by atoms with Crippen LogP contribution in [0.3, 0.4) is 0 Å². The molecule has 7 aromatic rings.